The number of benzene rings is 1. The van der Waals surface area contributed by atoms with Gasteiger partial charge in [-0.3, -0.25) is 4.79 Å². The smallest absolute Gasteiger partial charge is 0.348 e. The maximum absolute atomic E-state index is 12.4. The molecule has 0 unspecified atom stereocenters. The molecule has 0 saturated carbocycles. The van der Waals surface area contributed by atoms with Gasteiger partial charge < -0.3 is 9.72 Å². The number of aryl methyl sites for hydroxylation is 1. The van der Waals surface area contributed by atoms with Crippen molar-refractivity contribution in [1.82, 2.24) is 9.97 Å². The molecule has 0 aliphatic heterocycles. The molecule has 3 aromatic rings. The molecule has 0 spiro atoms. The molecule has 2 aromatic heterocycles. The van der Waals surface area contributed by atoms with Crippen molar-refractivity contribution in [3.05, 3.63) is 60.9 Å². The second-order valence-corrected chi connectivity index (χ2v) is 7.51. The number of carbonyl (C=O) groups excluding carboxylic acids is 1. The van der Waals surface area contributed by atoms with Crippen molar-refractivity contribution in [1.29, 1.82) is 0 Å². The Hall–Kier alpha value is -1.96. The molecule has 3 rings (SSSR count). The second-order valence-electron chi connectivity index (χ2n) is 5.19. The zero-order valence-electron chi connectivity index (χ0n) is 13.2. The average Bonchev–Trinajstić information content (AvgIpc) is 2.93. The minimum atomic E-state index is -0.488. The number of H-pyrrole nitrogens is 1. The summed E-state index contributed by atoms with van der Waals surface area (Å²) in [5.41, 5.74) is 1.08. The van der Waals surface area contributed by atoms with E-state index in [1.165, 1.54) is 7.11 Å². The number of thiophene rings is 1. The summed E-state index contributed by atoms with van der Waals surface area (Å²) >= 11 is 10.8. The SMILES string of the molecule is COC(=O)c1sc2nc(/C(Cl)=C/c3ccc(Br)cc3)[nH]c(=O)c2c1C. The zero-order chi connectivity index (χ0) is 18.1. The summed E-state index contributed by atoms with van der Waals surface area (Å²) in [5.74, 6) is -0.238. The largest absolute Gasteiger partial charge is 0.465 e. The fourth-order valence-corrected chi connectivity index (χ4v) is 3.90. The van der Waals surface area contributed by atoms with Gasteiger partial charge in [0.1, 0.15) is 9.71 Å². The van der Waals surface area contributed by atoms with E-state index in [1.807, 2.05) is 24.3 Å². The highest BCUT2D eigenvalue weighted by molar-refractivity contribution is 9.10. The first-order valence-electron chi connectivity index (χ1n) is 7.15. The van der Waals surface area contributed by atoms with Crippen molar-refractivity contribution >= 4 is 66.2 Å². The summed E-state index contributed by atoms with van der Waals surface area (Å²) < 4.78 is 5.70. The van der Waals surface area contributed by atoms with Crippen molar-refractivity contribution in [3.8, 4) is 0 Å². The van der Waals surface area contributed by atoms with Crippen molar-refractivity contribution in [2.45, 2.75) is 6.92 Å². The standard InChI is InChI=1S/C17H12BrClN2O3S/c1-8-12-15(22)20-14(21-16(12)25-13(8)17(23)24-2)11(19)7-9-3-5-10(18)6-4-9/h3-7H,1-2H3,(H,20,21,22)/b11-7-. The lowest BCUT2D eigenvalue weighted by molar-refractivity contribution is 0.0605. The van der Waals surface area contributed by atoms with Crippen molar-refractivity contribution in [2.75, 3.05) is 7.11 Å². The van der Waals surface area contributed by atoms with Gasteiger partial charge in [-0.2, -0.15) is 0 Å². The van der Waals surface area contributed by atoms with Crippen LogP contribution in [-0.2, 0) is 4.74 Å². The van der Waals surface area contributed by atoms with E-state index in [0.717, 1.165) is 21.4 Å². The molecule has 2 heterocycles. The van der Waals surface area contributed by atoms with Gasteiger partial charge in [0.2, 0.25) is 0 Å². The summed E-state index contributed by atoms with van der Waals surface area (Å²) in [4.78, 5) is 32.1. The number of fused-ring (bicyclic) bond motifs is 1. The Bertz CT molecular complexity index is 1050. The minimum absolute atomic E-state index is 0.250. The molecule has 1 aromatic carbocycles. The highest BCUT2D eigenvalue weighted by Crippen LogP contribution is 2.29. The first kappa shape index (κ1) is 17.8. The number of aromatic amines is 1. The Morgan fingerprint density at radius 2 is 2.04 bits per heavy atom. The quantitative estimate of drug-likeness (QED) is 0.606. The number of rotatable bonds is 3. The predicted octanol–water partition coefficient (Wildman–Crippen LogP) is 4.58. The molecular weight excluding hydrogens is 428 g/mol. The molecule has 0 atom stereocenters. The predicted molar refractivity (Wildman–Crippen MR) is 104 cm³/mol. The first-order chi connectivity index (χ1) is 11.9. The van der Waals surface area contributed by atoms with E-state index in [9.17, 15) is 9.59 Å². The molecular formula is C17H12BrClN2O3S. The van der Waals surface area contributed by atoms with Crippen LogP contribution >= 0.6 is 38.9 Å². The number of hydrogen-bond donors (Lipinski definition) is 1. The third-order valence-electron chi connectivity index (χ3n) is 3.56. The fraction of sp³-hybridized carbons (Fsp3) is 0.118. The van der Waals surface area contributed by atoms with Gasteiger partial charge >= 0.3 is 5.97 Å². The van der Waals surface area contributed by atoms with E-state index in [-0.39, 0.29) is 11.4 Å². The number of methoxy groups -OCH3 is 1. The maximum Gasteiger partial charge on any atom is 0.348 e. The molecule has 0 aliphatic carbocycles. The lowest BCUT2D eigenvalue weighted by atomic mass is 10.2. The van der Waals surface area contributed by atoms with E-state index in [2.05, 4.69) is 25.9 Å². The molecule has 0 bridgehead atoms. The van der Waals surface area contributed by atoms with E-state index in [1.54, 1.807) is 13.0 Å². The maximum atomic E-state index is 12.4. The minimum Gasteiger partial charge on any atom is -0.465 e. The molecule has 0 amide bonds. The van der Waals surface area contributed by atoms with Gasteiger partial charge in [-0.25, -0.2) is 9.78 Å². The van der Waals surface area contributed by atoms with Gasteiger partial charge in [0.15, 0.2) is 5.82 Å². The van der Waals surface area contributed by atoms with Crippen LogP contribution < -0.4 is 5.56 Å². The van der Waals surface area contributed by atoms with Gasteiger partial charge in [-0.15, -0.1) is 11.3 Å². The summed E-state index contributed by atoms with van der Waals surface area (Å²) in [6.45, 7) is 1.70. The van der Waals surface area contributed by atoms with Crippen LogP contribution in [0.25, 0.3) is 21.3 Å². The number of halogens is 2. The number of nitrogens with one attached hydrogen (secondary N) is 1. The molecule has 25 heavy (non-hydrogen) atoms. The summed E-state index contributed by atoms with van der Waals surface area (Å²) in [5, 5.41) is 0.675. The Morgan fingerprint density at radius 1 is 1.36 bits per heavy atom. The molecule has 8 heteroatoms. The Labute approximate surface area is 160 Å². The number of hydrogen-bond acceptors (Lipinski definition) is 5. The van der Waals surface area contributed by atoms with E-state index in [0.29, 0.717) is 25.7 Å². The molecule has 0 aliphatic rings. The van der Waals surface area contributed by atoms with Gasteiger partial charge in [0.05, 0.1) is 17.5 Å². The van der Waals surface area contributed by atoms with Crippen molar-refractivity contribution in [2.24, 2.45) is 0 Å². The monoisotopic (exact) mass is 438 g/mol. The average molecular weight is 440 g/mol. The number of aromatic nitrogens is 2. The van der Waals surface area contributed by atoms with Crippen LogP contribution in [0.15, 0.2) is 33.5 Å². The highest BCUT2D eigenvalue weighted by atomic mass is 79.9. The van der Waals surface area contributed by atoms with Gasteiger partial charge in [0, 0.05) is 4.47 Å². The lowest BCUT2D eigenvalue weighted by Crippen LogP contribution is -2.10. The molecule has 0 fully saturated rings. The zero-order valence-corrected chi connectivity index (χ0v) is 16.4. The van der Waals surface area contributed by atoms with Gasteiger partial charge in [0.25, 0.3) is 5.56 Å². The number of carbonyl (C=O) groups is 1. The highest BCUT2D eigenvalue weighted by Gasteiger charge is 2.20. The molecule has 0 radical (unpaired) electrons. The van der Waals surface area contributed by atoms with Crippen LogP contribution in [-0.4, -0.2) is 23.0 Å². The third kappa shape index (κ3) is 3.53. The van der Waals surface area contributed by atoms with Crippen molar-refractivity contribution in [3.63, 3.8) is 0 Å². The van der Waals surface area contributed by atoms with Crippen LogP contribution in [0.5, 0.6) is 0 Å². The Morgan fingerprint density at radius 3 is 2.68 bits per heavy atom. The summed E-state index contributed by atoms with van der Waals surface area (Å²) in [6, 6.07) is 7.54. The van der Waals surface area contributed by atoms with E-state index in [4.69, 9.17) is 16.3 Å². The normalized spacial score (nSPS) is 11.8. The van der Waals surface area contributed by atoms with Crippen LogP contribution in [0.1, 0.15) is 26.6 Å². The van der Waals surface area contributed by atoms with E-state index < -0.39 is 5.97 Å². The van der Waals surface area contributed by atoms with Gasteiger partial charge in [-0.05, 0) is 36.3 Å². The van der Waals surface area contributed by atoms with Crippen LogP contribution in [0.4, 0.5) is 0 Å². The Balaban J connectivity index is 2.10. The van der Waals surface area contributed by atoms with Crippen LogP contribution in [0.2, 0.25) is 0 Å². The fourth-order valence-electron chi connectivity index (χ4n) is 2.32. The first-order valence-corrected chi connectivity index (χ1v) is 9.14. The lowest BCUT2D eigenvalue weighted by Gasteiger charge is -2.00. The topological polar surface area (TPSA) is 72.0 Å². The van der Waals surface area contributed by atoms with Crippen LogP contribution in [0.3, 0.4) is 0 Å². The molecule has 128 valence electrons. The number of esters is 1. The Kier molecular flexibility index (Phi) is 5.08. The number of nitrogens with zero attached hydrogens (tertiary/aromatic N) is 1. The molecule has 1 N–H and O–H groups in total. The molecule has 5 nitrogen and oxygen atoms in total. The van der Waals surface area contributed by atoms with Gasteiger partial charge in [-0.1, -0.05) is 39.7 Å². The third-order valence-corrected chi connectivity index (χ3v) is 5.54. The van der Waals surface area contributed by atoms with E-state index >= 15 is 0 Å². The number of ether oxygens (including phenoxy) is 1. The summed E-state index contributed by atoms with van der Waals surface area (Å²) in [6.07, 6.45) is 1.71. The van der Waals surface area contributed by atoms with Crippen molar-refractivity contribution < 1.29 is 9.53 Å². The summed E-state index contributed by atoms with van der Waals surface area (Å²) in [7, 11) is 1.30. The molecule has 0 saturated heterocycles. The van der Waals surface area contributed by atoms with Crippen LogP contribution in [0, 0.1) is 6.92 Å². The second kappa shape index (κ2) is 7.11.